The van der Waals surface area contributed by atoms with E-state index in [2.05, 4.69) is 15.6 Å². The lowest BCUT2D eigenvalue weighted by Crippen LogP contribution is -2.43. The summed E-state index contributed by atoms with van der Waals surface area (Å²) in [7, 11) is 0. The van der Waals surface area contributed by atoms with Crippen LogP contribution in [0.5, 0.6) is 5.75 Å². The van der Waals surface area contributed by atoms with Crippen LogP contribution in [0.1, 0.15) is 62.7 Å². The molecule has 0 bridgehead atoms. The molecule has 172 valence electrons. The molecule has 0 spiro atoms. The van der Waals surface area contributed by atoms with Crippen LogP contribution in [0.2, 0.25) is 5.02 Å². The summed E-state index contributed by atoms with van der Waals surface area (Å²) in [5, 5.41) is 16.0. The van der Waals surface area contributed by atoms with Gasteiger partial charge in [-0.25, -0.2) is 0 Å². The molecule has 0 unspecified atom stereocenters. The average molecular weight is 461 g/mol. The third-order valence-electron chi connectivity index (χ3n) is 4.64. The number of carbonyl (C=O) groups is 3. The lowest BCUT2D eigenvalue weighted by atomic mass is 9.78. The summed E-state index contributed by atoms with van der Waals surface area (Å²) in [5.41, 5.74) is 5.24. The van der Waals surface area contributed by atoms with Gasteiger partial charge >= 0.3 is 0 Å². The molecule has 1 aromatic heterocycles. The molecule has 0 aliphatic rings. The van der Waals surface area contributed by atoms with Gasteiger partial charge in [-0.15, -0.1) is 0 Å². The van der Waals surface area contributed by atoms with E-state index in [1.54, 1.807) is 19.9 Å². The molecular weight excluding hydrogens is 432 g/mol. The Morgan fingerprint density at radius 1 is 1.09 bits per heavy atom. The molecule has 0 radical (unpaired) electrons. The zero-order chi connectivity index (χ0) is 24.3. The number of nitrogens with two attached hydrogens (primary N) is 1. The van der Waals surface area contributed by atoms with E-state index in [0.29, 0.717) is 21.8 Å². The van der Waals surface area contributed by atoms with Crippen molar-refractivity contribution in [2.45, 2.75) is 58.4 Å². The first kappa shape index (κ1) is 25.1. The lowest BCUT2D eigenvalue weighted by molar-refractivity contribution is -0.123. The van der Waals surface area contributed by atoms with Crippen molar-refractivity contribution in [2.75, 3.05) is 5.32 Å². The maximum absolute atomic E-state index is 12.7. The summed E-state index contributed by atoms with van der Waals surface area (Å²) in [6, 6.07) is 5.97. The number of pyridine rings is 1. The number of aromatic hydroxyl groups is 1. The Morgan fingerprint density at radius 3 is 2.34 bits per heavy atom. The molecule has 0 saturated carbocycles. The molecule has 0 atom stereocenters. The smallest absolute Gasteiger partial charge is 0.267 e. The third-order valence-corrected chi connectivity index (χ3v) is 4.88. The number of amides is 3. The van der Waals surface area contributed by atoms with E-state index in [0.717, 1.165) is 0 Å². The molecule has 8 nitrogen and oxygen atoms in total. The van der Waals surface area contributed by atoms with E-state index in [1.807, 2.05) is 20.8 Å². The Hall–Kier alpha value is -3.13. The maximum Gasteiger partial charge on any atom is 0.267 e. The average Bonchev–Trinajstić information content (AvgIpc) is 2.62. The van der Waals surface area contributed by atoms with Crippen LogP contribution in [0.25, 0.3) is 0 Å². The number of benzene rings is 1. The Bertz CT molecular complexity index is 1040. The normalized spacial score (nSPS) is 11.7. The second-order valence-electron chi connectivity index (χ2n) is 9.30. The van der Waals surface area contributed by atoms with Crippen molar-refractivity contribution in [3.63, 3.8) is 0 Å². The van der Waals surface area contributed by atoms with E-state index < -0.39 is 22.8 Å². The Morgan fingerprint density at radius 2 is 1.75 bits per heavy atom. The van der Waals surface area contributed by atoms with Crippen molar-refractivity contribution in [3.05, 3.63) is 52.3 Å². The molecule has 9 heteroatoms. The Kier molecular flexibility index (Phi) is 7.51. The number of nitrogens with zero attached hydrogens (tertiary/aromatic N) is 1. The first-order valence-electron chi connectivity index (χ1n) is 10.1. The van der Waals surface area contributed by atoms with Crippen LogP contribution >= 0.6 is 11.6 Å². The number of primary amides is 1. The summed E-state index contributed by atoms with van der Waals surface area (Å²) >= 11 is 5.95. The van der Waals surface area contributed by atoms with Crippen molar-refractivity contribution in [2.24, 2.45) is 5.73 Å². The fourth-order valence-corrected chi connectivity index (χ4v) is 3.65. The molecule has 0 aliphatic carbocycles. The molecule has 1 aromatic carbocycles. The summed E-state index contributed by atoms with van der Waals surface area (Å²) in [4.78, 5) is 41.5. The molecule has 2 aromatic rings. The van der Waals surface area contributed by atoms with Crippen LogP contribution < -0.4 is 16.4 Å². The van der Waals surface area contributed by atoms with E-state index >= 15 is 0 Å². The van der Waals surface area contributed by atoms with Gasteiger partial charge in [-0.1, -0.05) is 25.4 Å². The number of phenolic OH excluding ortho intramolecular Hbond substituents is 1. The minimum Gasteiger partial charge on any atom is -0.508 e. The van der Waals surface area contributed by atoms with Crippen molar-refractivity contribution >= 4 is 35.0 Å². The van der Waals surface area contributed by atoms with Crippen molar-refractivity contribution in [3.8, 4) is 5.75 Å². The quantitative estimate of drug-likeness (QED) is 0.502. The van der Waals surface area contributed by atoms with Gasteiger partial charge < -0.3 is 21.5 Å². The maximum atomic E-state index is 12.7. The minimum atomic E-state index is -0.880. The van der Waals surface area contributed by atoms with Crippen LogP contribution in [0.15, 0.2) is 30.5 Å². The van der Waals surface area contributed by atoms with Crippen molar-refractivity contribution in [1.29, 1.82) is 0 Å². The topological polar surface area (TPSA) is 134 Å². The first-order chi connectivity index (χ1) is 14.7. The number of anilines is 1. The number of carbonyl (C=O) groups excluding carboxylic acids is 3. The van der Waals surface area contributed by atoms with Gasteiger partial charge in [0.1, 0.15) is 11.4 Å². The molecule has 0 saturated heterocycles. The molecular formula is C23H29ClN4O4. The second kappa shape index (κ2) is 9.56. The van der Waals surface area contributed by atoms with Gasteiger partial charge in [0.15, 0.2) is 0 Å². The molecule has 2 rings (SSSR count). The zero-order valence-electron chi connectivity index (χ0n) is 18.9. The van der Waals surface area contributed by atoms with Gasteiger partial charge in [-0.05, 0) is 45.0 Å². The molecule has 0 fully saturated rings. The Labute approximate surface area is 192 Å². The highest BCUT2D eigenvalue weighted by atomic mass is 35.5. The van der Waals surface area contributed by atoms with Crippen molar-refractivity contribution in [1.82, 2.24) is 10.3 Å². The van der Waals surface area contributed by atoms with Gasteiger partial charge in [0.25, 0.3) is 5.91 Å². The fourth-order valence-electron chi connectivity index (χ4n) is 3.45. The molecule has 1 heterocycles. The second-order valence-corrected chi connectivity index (χ2v) is 9.74. The number of phenols is 1. The van der Waals surface area contributed by atoms with Crippen LogP contribution in [-0.2, 0) is 21.4 Å². The van der Waals surface area contributed by atoms with Gasteiger partial charge in [-0.3, -0.25) is 19.4 Å². The highest BCUT2D eigenvalue weighted by Crippen LogP contribution is 2.35. The summed E-state index contributed by atoms with van der Waals surface area (Å²) < 4.78 is 0. The van der Waals surface area contributed by atoms with Crippen LogP contribution in [0.4, 0.5) is 5.69 Å². The van der Waals surface area contributed by atoms with Gasteiger partial charge in [0, 0.05) is 45.4 Å². The van der Waals surface area contributed by atoms with E-state index in [1.165, 1.54) is 24.4 Å². The number of halogens is 1. The van der Waals surface area contributed by atoms with Crippen LogP contribution in [0, 0.1) is 0 Å². The lowest BCUT2D eigenvalue weighted by Gasteiger charge is -2.30. The predicted octanol–water partition coefficient (Wildman–Crippen LogP) is 3.30. The number of rotatable bonds is 7. The third kappa shape index (κ3) is 6.68. The van der Waals surface area contributed by atoms with E-state index in [4.69, 9.17) is 17.3 Å². The zero-order valence-corrected chi connectivity index (χ0v) is 19.6. The van der Waals surface area contributed by atoms with Gasteiger partial charge in [0.2, 0.25) is 11.8 Å². The van der Waals surface area contributed by atoms with Gasteiger partial charge in [-0.2, -0.15) is 0 Å². The predicted molar refractivity (Wildman–Crippen MR) is 124 cm³/mol. The highest BCUT2D eigenvalue weighted by molar-refractivity contribution is 6.30. The molecule has 3 amide bonds. The molecule has 32 heavy (non-hydrogen) atoms. The van der Waals surface area contributed by atoms with Gasteiger partial charge in [0.05, 0.1) is 6.42 Å². The minimum absolute atomic E-state index is 0.0260. The number of aromatic nitrogens is 1. The largest absolute Gasteiger partial charge is 0.508 e. The summed E-state index contributed by atoms with van der Waals surface area (Å²) in [5.74, 6) is -1.49. The molecule has 0 aliphatic heterocycles. The SMILES string of the molecule is CC(C)(C)NC(=O)CC(C)(C)c1c(NC(=O)Cc2cc(Cl)ccc2O)ccnc1C(N)=O. The number of hydrogen-bond donors (Lipinski definition) is 4. The van der Waals surface area contributed by atoms with E-state index in [-0.39, 0.29) is 30.2 Å². The number of nitrogens with one attached hydrogen (secondary N) is 2. The fraction of sp³-hybridized carbons (Fsp3) is 0.391. The summed E-state index contributed by atoms with van der Waals surface area (Å²) in [6.45, 7) is 9.16. The summed E-state index contributed by atoms with van der Waals surface area (Å²) in [6.07, 6.45) is 1.25. The first-order valence-corrected chi connectivity index (χ1v) is 10.4. The van der Waals surface area contributed by atoms with Crippen LogP contribution in [-0.4, -0.2) is 33.4 Å². The van der Waals surface area contributed by atoms with E-state index in [9.17, 15) is 19.5 Å². The molecule has 5 N–H and O–H groups in total. The monoisotopic (exact) mass is 460 g/mol. The van der Waals surface area contributed by atoms with Crippen molar-refractivity contribution < 1.29 is 19.5 Å². The Balaban J connectivity index is 2.38. The van der Waals surface area contributed by atoms with Crippen LogP contribution in [0.3, 0.4) is 0 Å². The standard InChI is InChI=1S/C23H29ClN4O4/c1-22(2,3)28-18(31)12-23(4,5)19-15(8-9-26-20(19)21(25)32)27-17(30)11-13-10-14(24)6-7-16(13)29/h6-10,29H,11-12H2,1-5H3,(H2,25,32)(H,28,31)(H,26,27,30). The number of hydrogen-bond acceptors (Lipinski definition) is 5. The highest BCUT2D eigenvalue weighted by Gasteiger charge is 2.33.